The van der Waals surface area contributed by atoms with Crippen LogP contribution in [0.25, 0.3) is 0 Å². The zero-order chi connectivity index (χ0) is 16.1. The van der Waals surface area contributed by atoms with Crippen molar-refractivity contribution in [1.82, 2.24) is 4.90 Å². The van der Waals surface area contributed by atoms with Gasteiger partial charge in [0, 0.05) is 0 Å². The summed E-state index contributed by atoms with van der Waals surface area (Å²) in [6, 6.07) is 8.36. The number of rotatable bonds is 5. The molecule has 0 aromatic heterocycles. The van der Waals surface area contributed by atoms with E-state index >= 15 is 0 Å². The maximum atomic E-state index is 11.8. The van der Waals surface area contributed by atoms with Gasteiger partial charge in [-0.1, -0.05) is 18.2 Å². The Balaban J connectivity index is 1.40. The van der Waals surface area contributed by atoms with Crippen LogP contribution < -0.4 is 4.74 Å². The zero-order valence-electron chi connectivity index (χ0n) is 14.0. The highest BCUT2D eigenvalue weighted by Gasteiger charge is 2.26. The SMILES string of the molecule is CCOC(=O)C1CCN(CCC2COc3ccccc3C2)CC1. The minimum atomic E-state index is -0.00978. The number of hydrogen-bond donors (Lipinski definition) is 0. The average Bonchev–Trinajstić information content (AvgIpc) is 2.60. The Bertz CT molecular complexity index is 523. The van der Waals surface area contributed by atoms with E-state index < -0.39 is 0 Å². The van der Waals surface area contributed by atoms with E-state index in [1.165, 1.54) is 12.0 Å². The predicted molar refractivity (Wildman–Crippen MR) is 89.5 cm³/mol. The highest BCUT2D eigenvalue weighted by molar-refractivity contribution is 5.72. The van der Waals surface area contributed by atoms with Gasteiger partial charge in [-0.25, -0.2) is 0 Å². The molecule has 2 aliphatic heterocycles. The highest BCUT2D eigenvalue weighted by atomic mass is 16.5. The molecular weight excluding hydrogens is 290 g/mol. The average molecular weight is 317 g/mol. The first kappa shape index (κ1) is 16.3. The van der Waals surface area contributed by atoms with Gasteiger partial charge in [-0.15, -0.1) is 0 Å². The summed E-state index contributed by atoms with van der Waals surface area (Å²) >= 11 is 0. The summed E-state index contributed by atoms with van der Waals surface area (Å²) in [5.41, 5.74) is 1.34. The molecule has 3 rings (SSSR count). The minimum absolute atomic E-state index is 0.00978. The molecule has 1 saturated heterocycles. The van der Waals surface area contributed by atoms with Gasteiger partial charge < -0.3 is 14.4 Å². The number of hydrogen-bond acceptors (Lipinski definition) is 4. The molecule has 2 aliphatic rings. The number of esters is 1. The van der Waals surface area contributed by atoms with Gasteiger partial charge in [-0.3, -0.25) is 4.79 Å². The fourth-order valence-corrected chi connectivity index (χ4v) is 3.59. The summed E-state index contributed by atoms with van der Waals surface area (Å²) in [4.78, 5) is 14.3. The first-order valence-corrected chi connectivity index (χ1v) is 8.86. The lowest BCUT2D eigenvalue weighted by Gasteiger charge is -2.32. The number of fused-ring (bicyclic) bond motifs is 1. The monoisotopic (exact) mass is 317 g/mol. The lowest BCUT2D eigenvalue weighted by atomic mass is 9.92. The molecule has 126 valence electrons. The van der Waals surface area contributed by atoms with E-state index in [1.54, 1.807) is 0 Å². The molecule has 1 atom stereocenters. The van der Waals surface area contributed by atoms with Gasteiger partial charge in [0.1, 0.15) is 5.75 Å². The molecule has 23 heavy (non-hydrogen) atoms. The summed E-state index contributed by atoms with van der Waals surface area (Å²) in [5.74, 6) is 1.76. The Kier molecular flexibility index (Phi) is 5.55. The number of carbonyl (C=O) groups excluding carboxylic acids is 1. The lowest BCUT2D eigenvalue weighted by molar-refractivity contribution is -0.149. The van der Waals surface area contributed by atoms with Crippen LogP contribution in [-0.4, -0.2) is 43.7 Å². The largest absolute Gasteiger partial charge is 0.493 e. The van der Waals surface area contributed by atoms with E-state index in [9.17, 15) is 4.79 Å². The van der Waals surface area contributed by atoms with E-state index in [0.717, 1.165) is 51.3 Å². The summed E-state index contributed by atoms with van der Waals surface area (Å²) < 4.78 is 11.0. The van der Waals surface area contributed by atoms with Crippen molar-refractivity contribution in [3.63, 3.8) is 0 Å². The van der Waals surface area contributed by atoms with Crippen LogP contribution in [0.1, 0.15) is 31.7 Å². The first-order chi connectivity index (χ1) is 11.3. The molecule has 0 saturated carbocycles. The van der Waals surface area contributed by atoms with Crippen LogP contribution in [0.5, 0.6) is 5.75 Å². The fraction of sp³-hybridized carbons (Fsp3) is 0.632. The normalized spacial score (nSPS) is 22.2. The van der Waals surface area contributed by atoms with Crippen molar-refractivity contribution in [3.05, 3.63) is 29.8 Å². The summed E-state index contributed by atoms with van der Waals surface area (Å²) in [5, 5.41) is 0. The number of nitrogens with zero attached hydrogens (tertiary/aromatic N) is 1. The molecule has 0 aliphatic carbocycles. The van der Waals surface area contributed by atoms with E-state index in [-0.39, 0.29) is 11.9 Å². The number of carbonyl (C=O) groups is 1. The van der Waals surface area contributed by atoms with Crippen molar-refractivity contribution in [1.29, 1.82) is 0 Å². The second-order valence-electron chi connectivity index (χ2n) is 6.65. The molecule has 1 aromatic rings. The second-order valence-corrected chi connectivity index (χ2v) is 6.65. The van der Waals surface area contributed by atoms with Crippen LogP contribution >= 0.6 is 0 Å². The number of likely N-dealkylation sites (tertiary alicyclic amines) is 1. The van der Waals surface area contributed by atoms with Crippen molar-refractivity contribution < 1.29 is 14.3 Å². The van der Waals surface area contributed by atoms with Gasteiger partial charge in [0.2, 0.25) is 0 Å². The van der Waals surface area contributed by atoms with E-state index in [4.69, 9.17) is 9.47 Å². The van der Waals surface area contributed by atoms with Crippen molar-refractivity contribution in [2.45, 2.75) is 32.6 Å². The van der Waals surface area contributed by atoms with Crippen LogP contribution in [0.2, 0.25) is 0 Å². The molecule has 0 bridgehead atoms. The number of ether oxygens (including phenoxy) is 2. The van der Waals surface area contributed by atoms with Crippen molar-refractivity contribution in [2.75, 3.05) is 32.8 Å². The topological polar surface area (TPSA) is 38.8 Å². The van der Waals surface area contributed by atoms with Crippen molar-refractivity contribution in [2.24, 2.45) is 11.8 Å². The second kappa shape index (κ2) is 7.82. The van der Waals surface area contributed by atoms with Gasteiger partial charge in [-0.2, -0.15) is 0 Å². The quantitative estimate of drug-likeness (QED) is 0.783. The van der Waals surface area contributed by atoms with Gasteiger partial charge in [0.15, 0.2) is 0 Å². The molecule has 4 nitrogen and oxygen atoms in total. The maximum Gasteiger partial charge on any atom is 0.309 e. The van der Waals surface area contributed by atoms with Gasteiger partial charge in [0.05, 0.1) is 19.1 Å². The van der Waals surface area contributed by atoms with Crippen LogP contribution in [0, 0.1) is 11.8 Å². The summed E-state index contributed by atoms with van der Waals surface area (Å²) in [6.45, 7) is 6.31. The van der Waals surface area contributed by atoms with Crippen LogP contribution in [-0.2, 0) is 16.0 Å². The highest BCUT2D eigenvalue weighted by Crippen LogP contribution is 2.28. The molecule has 0 N–H and O–H groups in total. The molecule has 0 radical (unpaired) electrons. The van der Waals surface area contributed by atoms with E-state index in [0.29, 0.717) is 12.5 Å². The summed E-state index contributed by atoms with van der Waals surface area (Å²) in [7, 11) is 0. The minimum Gasteiger partial charge on any atom is -0.493 e. The molecule has 1 aromatic carbocycles. The molecule has 1 fully saturated rings. The lowest BCUT2D eigenvalue weighted by Crippen LogP contribution is -2.38. The Morgan fingerprint density at radius 1 is 1.30 bits per heavy atom. The van der Waals surface area contributed by atoms with Gasteiger partial charge >= 0.3 is 5.97 Å². The third-order valence-corrected chi connectivity index (χ3v) is 5.02. The Labute approximate surface area is 138 Å². The Morgan fingerprint density at radius 2 is 2.09 bits per heavy atom. The molecule has 0 amide bonds. The van der Waals surface area contributed by atoms with Gasteiger partial charge in [0.25, 0.3) is 0 Å². The third kappa shape index (κ3) is 4.25. The molecule has 1 unspecified atom stereocenters. The number of para-hydroxylation sites is 1. The molecule has 4 heteroatoms. The number of benzene rings is 1. The van der Waals surface area contributed by atoms with Crippen LogP contribution in [0.3, 0.4) is 0 Å². The summed E-state index contributed by atoms with van der Waals surface area (Å²) in [6.07, 6.45) is 4.15. The van der Waals surface area contributed by atoms with Crippen LogP contribution in [0.15, 0.2) is 24.3 Å². The van der Waals surface area contributed by atoms with E-state index in [1.807, 2.05) is 13.0 Å². The Morgan fingerprint density at radius 3 is 2.87 bits per heavy atom. The molecule has 0 spiro atoms. The van der Waals surface area contributed by atoms with Crippen molar-refractivity contribution >= 4 is 5.97 Å². The van der Waals surface area contributed by atoms with Crippen molar-refractivity contribution in [3.8, 4) is 5.75 Å². The number of piperidine rings is 1. The van der Waals surface area contributed by atoms with Gasteiger partial charge in [-0.05, 0) is 69.8 Å². The first-order valence-electron chi connectivity index (χ1n) is 8.86. The predicted octanol–water partition coefficient (Wildman–Crippen LogP) is 2.90. The molecule has 2 heterocycles. The third-order valence-electron chi connectivity index (χ3n) is 5.02. The zero-order valence-corrected chi connectivity index (χ0v) is 14.0. The fourth-order valence-electron chi connectivity index (χ4n) is 3.59. The van der Waals surface area contributed by atoms with E-state index in [2.05, 4.69) is 23.1 Å². The Hall–Kier alpha value is -1.55. The maximum absolute atomic E-state index is 11.8. The molecular formula is C19H27NO3. The van der Waals surface area contributed by atoms with Crippen LogP contribution in [0.4, 0.5) is 0 Å². The smallest absolute Gasteiger partial charge is 0.309 e. The standard InChI is InChI=1S/C19H27NO3/c1-2-22-19(21)16-8-11-20(12-9-16)10-7-15-13-17-5-3-4-6-18(17)23-14-15/h3-6,15-16H,2,7-14H2,1H3.